The Morgan fingerprint density at radius 3 is 2.84 bits per heavy atom. The highest BCUT2D eigenvalue weighted by Crippen LogP contribution is 2.35. The van der Waals surface area contributed by atoms with E-state index < -0.39 is 6.10 Å². The third-order valence-corrected chi connectivity index (χ3v) is 4.63. The smallest absolute Gasteiger partial charge is 0.0985 e. The lowest BCUT2D eigenvalue weighted by Crippen LogP contribution is -2.20. The summed E-state index contributed by atoms with van der Waals surface area (Å²) in [7, 11) is 0. The average Bonchev–Trinajstić information content (AvgIpc) is 2.85. The number of nitrogens with one attached hydrogen (secondary N) is 1. The van der Waals surface area contributed by atoms with Gasteiger partial charge in [-0.05, 0) is 35.2 Å². The van der Waals surface area contributed by atoms with Crippen molar-refractivity contribution in [1.29, 1.82) is 0 Å². The largest absolute Gasteiger partial charge is 0.386 e. The molecule has 2 unspecified atom stereocenters. The summed E-state index contributed by atoms with van der Waals surface area (Å²) in [5.74, 6) is 0. The van der Waals surface area contributed by atoms with Crippen LogP contribution in [0.2, 0.25) is 0 Å². The molecule has 2 aromatic rings. The first-order valence-electron chi connectivity index (χ1n) is 6.42. The number of rotatable bonds is 2. The molecular weight excluding hydrogens is 302 g/mol. The van der Waals surface area contributed by atoms with Gasteiger partial charge in [-0.25, -0.2) is 0 Å². The van der Waals surface area contributed by atoms with Crippen LogP contribution < -0.4 is 5.32 Å². The molecule has 2 nitrogen and oxygen atoms in total. The number of benzene rings is 2. The van der Waals surface area contributed by atoms with Gasteiger partial charge in [0.05, 0.1) is 12.1 Å². The van der Waals surface area contributed by atoms with Gasteiger partial charge >= 0.3 is 0 Å². The van der Waals surface area contributed by atoms with Gasteiger partial charge in [0.25, 0.3) is 0 Å². The monoisotopic (exact) mass is 317 g/mol. The Kier molecular flexibility index (Phi) is 3.44. The second-order valence-corrected chi connectivity index (χ2v) is 5.87. The zero-order valence-corrected chi connectivity index (χ0v) is 12.3. The van der Waals surface area contributed by atoms with E-state index in [1.54, 1.807) is 0 Å². The molecule has 0 aliphatic carbocycles. The minimum atomic E-state index is -0.518. The second-order valence-electron chi connectivity index (χ2n) is 5.01. The van der Waals surface area contributed by atoms with E-state index in [-0.39, 0.29) is 6.04 Å². The molecule has 0 amide bonds. The van der Waals surface area contributed by atoms with Crippen molar-refractivity contribution in [2.24, 2.45) is 0 Å². The molecule has 0 saturated heterocycles. The van der Waals surface area contributed by atoms with Gasteiger partial charge in [0.2, 0.25) is 0 Å². The number of fused-ring (bicyclic) bond motifs is 1. The van der Waals surface area contributed by atoms with Crippen molar-refractivity contribution >= 4 is 15.9 Å². The number of hydrogen-bond donors (Lipinski definition) is 2. The van der Waals surface area contributed by atoms with Crippen molar-refractivity contribution in [2.45, 2.75) is 25.6 Å². The second kappa shape index (κ2) is 5.08. The highest BCUT2D eigenvalue weighted by Gasteiger charge is 2.28. The molecule has 2 atom stereocenters. The summed E-state index contributed by atoms with van der Waals surface area (Å²) < 4.78 is 1.07. The fourth-order valence-electron chi connectivity index (χ4n) is 2.65. The van der Waals surface area contributed by atoms with Crippen molar-refractivity contribution < 1.29 is 5.11 Å². The van der Waals surface area contributed by atoms with Gasteiger partial charge in [-0.3, -0.25) is 0 Å². The first-order chi connectivity index (χ1) is 9.16. The maximum atomic E-state index is 10.6. The molecule has 0 aromatic heterocycles. The Bertz CT molecular complexity index is 611. The molecule has 0 fully saturated rings. The quantitative estimate of drug-likeness (QED) is 0.886. The molecule has 1 aliphatic heterocycles. The molecule has 0 radical (unpaired) electrons. The molecule has 19 heavy (non-hydrogen) atoms. The molecule has 1 heterocycles. The molecule has 3 heteroatoms. The zero-order valence-electron chi connectivity index (χ0n) is 10.7. The highest BCUT2D eigenvalue weighted by atomic mass is 79.9. The summed E-state index contributed by atoms with van der Waals surface area (Å²) in [4.78, 5) is 0. The van der Waals surface area contributed by atoms with E-state index in [0.29, 0.717) is 0 Å². The van der Waals surface area contributed by atoms with Gasteiger partial charge in [0, 0.05) is 11.0 Å². The SMILES string of the molecule is Cc1cc(C(O)C2NCc3ccccc32)ccc1Br. The van der Waals surface area contributed by atoms with Gasteiger partial charge in [-0.2, -0.15) is 0 Å². The summed E-state index contributed by atoms with van der Waals surface area (Å²) in [5, 5.41) is 14.0. The third-order valence-electron chi connectivity index (χ3n) is 3.74. The maximum Gasteiger partial charge on any atom is 0.0985 e. The van der Waals surface area contributed by atoms with Crippen LogP contribution in [0.15, 0.2) is 46.9 Å². The molecule has 3 rings (SSSR count). The third kappa shape index (κ3) is 2.34. The topological polar surface area (TPSA) is 32.3 Å². The predicted octanol–water partition coefficient (Wildman–Crippen LogP) is 3.64. The van der Waals surface area contributed by atoms with Crippen LogP contribution in [0.3, 0.4) is 0 Å². The first-order valence-corrected chi connectivity index (χ1v) is 7.21. The van der Waals surface area contributed by atoms with E-state index >= 15 is 0 Å². The van der Waals surface area contributed by atoms with Crippen LogP contribution in [-0.2, 0) is 6.54 Å². The number of aryl methyl sites for hydroxylation is 1. The van der Waals surface area contributed by atoms with Crippen LogP contribution in [-0.4, -0.2) is 5.11 Å². The Morgan fingerprint density at radius 1 is 1.26 bits per heavy atom. The van der Waals surface area contributed by atoms with Crippen LogP contribution >= 0.6 is 15.9 Å². The molecule has 98 valence electrons. The lowest BCUT2D eigenvalue weighted by Gasteiger charge is -2.20. The minimum absolute atomic E-state index is 0.0169. The Balaban J connectivity index is 1.93. The first kappa shape index (κ1) is 12.9. The molecular formula is C16H16BrNO. The number of aliphatic hydroxyl groups is 1. The summed E-state index contributed by atoms with van der Waals surface area (Å²) in [5.41, 5.74) is 4.58. The predicted molar refractivity (Wildman–Crippen MR) is 79.9 cm³/mol. The number of aliphatic hydroxyl groups excluding tert-OH is 1. The van der Waals surface area contributed by atoms with Crippen molar-refractivity contribution in [2.75, 3.05) is 0 Å². The maximum absolute atomic E-state index is 10.6. The molecule has 0 spiro atoms. The standard InChI is InChI=1S/C16H16BrNO/c1-10-8-11(6-7-14(10)17)16(19)15-13-5-3-2-4-12(13)9-18-15/h2-8,15-16,18-19H,9H2,1H3. The van der Waals surface area contributed by atoms with Gasteiger partial charge < -0.3 is 10.4 Å². The summed E-state index contributed by atoms with van der Waals surface area (Å²) in [6.45, 7) is 2.86. The van der Waals surface area contributed by atoms with Crippen LogP contribution in [0, 0.1) is 6.92 Å². The van der Waals surface area contributed by atoms with E-state index in [4.69, 9.17) is 0 Å². The van der Waals surface area contributed by atoms with Gasteiger partial charge in [-0.15, -0.1) is 0 Å². The molecule has 1 aliphatic rings. The summed E-state index contributed by atoms with van der Waals surface area (Å²) in [6.07, 6.45) is -0.518. The normalized spacial score (nSPS) is 19.2. The minimum Gasteiger partial charge on any atom is -0.386 e. The van der Waals surface area contributed by atoms with E-state index in [1.165, 1.54) is 11.1 Å². The lowest BCUT2D eigenvalue weighted by atomic mass is 9.95. The molecule has 2 N–H and O–H groups in total. The van der Waals surface area contributed by atoms with Crippen LogP contribution in [0.25, 0.3) is 0 Å². The van der Waals surface area contributed by atoms with E-state index in [1.807, 2.05) is 37.3 Å². The van der Waals surface area contributed by atoms with Crippen LogP contribution in [0.4, 0.5) is 0 Å². The van der Waals surface area contributed by atoms with Crippen LogP contribution in [0.5, 0.6) is 0 Å². The van der Waals surface area contributed by atoms with Crippen LogP contribution in [0.1, 0.15) is 34.4 Å². The molecule has 0 saturated carbocycles. The van der Waals surface area contributed by atoms with Gasteiger partial charge in [0.15, 0.2) is 0 Å². The highest BCUT2D eigenvalue weighted by molar-refractivity contribution is 9.10. The average molecular weight is 318 g/mol. The summed E-state index contributed by atoms with van der Waals surface area (Å²) >= 11 is 3.49. The molecule has 2 aromatic carbocycles. The fourth-order valence-corrected chi connectivity index (χ4v) is 2.90. The van der Waals surface area contributed by atoms with E-state index in [9.17, 15) is 5.11 Å². The van der Waals surface area contributed by atoms with Crippen molar-refractivity contribution in [3.05, 3.63) is 69.2 Å². The lowest BCUT2D eigenvalue weighted by molar-refractivity contribution is 0.133. The Morgan fingerprint density at radius 2 is 2.05 bits per heavy atom. The van der Waals surface area contributed by atoms with Gasteiger partial charge in [0.1, 0.15) is 0 Å². The van der Waals surface area contributed by atoms with Crippen molar-refractivity contribution in [3.8, 4) is 0 Å². The summed E-state index contributed by atoms with van der Waals surface area (Å²) in [6, 6.07) is 14.3. The Labute approximate surface area is 121 Å². The van der Waals surface area contributed by atoms with Crippen molar-refractivity contribution in [1.82, 2.24) is 5.32 Å². The number of hydrogen-bond acceptors (Lipinski definition) is 2. The Hall–Kier alpha value is -1.16. The van der Waals surface area contributed by atoms with Gasteiger partial charge in [-0.1, -0.05) is 52.3 Å². The number of halogens is 1. The van der Waals surface area contributed by atoms with E-state index in [0.717, 1.165) is 22.1 Å². The molecule has 0 bridgehead atoms. The fraction of sp³-hybridized carbons (Fsp3) is 0.250. The van der Waals surface area contributed by atoms with E-state index in [2.05, 4.69) is 33.4 Å². The zero-order chi connectivity index (χ0) is 13.4. The van der Waals surface area contributed by atoms with Crippen molar-refractivity contribution in [3.63, 3.8) is 0 Å².